The zero-order chi connectivity index (χ0) is 7.84. The molecule has 2 rings (SSSR count). The largest absolute Gasteiger partial charge is 0.396 e. The number of aliphatic hydroxyl groups excluding tert-OH is 2. The average molecular weight is 156 g/mol. The molecule has 0 saturated heterocycles. The predicted octanol–water partition coefficient (Wildman–Crippen LogP) is 0.633. The van der Waals surface area contributed by atoms with Crippen molar-refractivity contribution in [3.63, 3.8) is 0 Å². The third-order valence-corrected chi connectivity index (χ3v) is 3.70. The Balaban J connectivity index is 2.08. The first-order valence-corrected chi connectivity index (χ1v) is 4.58. The lowest BCUT2D eigenvalue weighted by molar-refractivity contribution is 0.0791. The molecule has 2 aliphatic carbocycles. The average Bonchev–Trinajstić information content (AvgIpc) is 2.60. The normalized spacial score (nSPS) is 48.5. The second kappa shape index (κ2) is 2.76. The molecule has 2 bridgehead atoms. The quantitative estimate of drug-likeness (QED) is 0.615. The van der Waals surface area contributed by atoms with Crippen LogP contribution in [0.3, 0.4) is 0 Å². The molecule has 0 aliphatic heterocycles. The van der Waals surface area contributed by atoms with Gasteiger partial charge >= 0.3 is 0 Å². The van der Waals surface area contributed by atoms with Crippen molar-refractivity contribution in [3.05, 3.63) is 0 Å². The zero-order valence-electron chi connectivity index (χ0n) is 6.74. The Kier molecular flexibility index (Phi) is 1.90. The molecule has 4 atom stereocenters. The highest BCUT2D eigenvalue weighted by atomic mass is 16.3. The van der Waals surface area contributed by atoms with Gasteiger partial charge in [0.05, 0.1) is 0 Å². The SMILES string of the molecule is OCC1C2CCC(C2)C1CO. The Labute approximate surface area is 67.2 Å². The molecule has 2 nitrogen and oxygen atoms in total. The molecule has 0 spiro atoms. The smallest absolute Gasteiger partial charge is 0.0465 e. The van der Waals surface area contributed by atoms with Crippen LogP contribution in [-0.4, -0.2) is 23.4 Å². The van der Waals surface area contributed by atoms with E-state index in [4.69, 9.17) is 10.2 Å². The summed E-state index contributed by atoms with van der Waals surface area (Å²) in [5, 5.41) is 18.2. The van der Waals surface area contributed by atoms with Crippen LogP contribution in [0.5, 0.6) is 0 Å². The van der Waals surface area contributed by atoms with Gasteiger partial charge in [0, 0.05) is 13.2 Å². The summed E-state index contributed by atoms with van der Waals surface area (Å²) in [5.74, 6) is 2.28. The Morgan fingerprint density at radius 2 is 1.36 bits per heavy atom. The van der Waals surface area contributed by atoms with Gasteiger partial charge < -0.3 is 10.2 Å². The molecule has 0 heterocycles. The van der Waals surface area contributed by atoms with E-state index in [9.17, 15) is 0 Å². The van der Waals surface area contributed by atoms with E-state index in [2.05, 4.69) is 0 Å². The molecule has 2 N–H and O–H groups in total. The van der Waals surface area contributed by atoms with E-state index in [1.165, 1.54) is 19.3 Å². The van der Waals surface area contributed by atoms with Gasteiger partial charge in [0.2, 0.25) is 0 Å². The first-order chi connectivity index (χ1) is 5.36. The van der Waals surface area contributed by atoms with Gasteiger partial charge in [-0.25, -0.2) is 0 Å². The van der Waals surface area contributed by atoms with Crippen LogP contribution in [0.2, 0.25) is 0 Å². The van der Waals surface area contributed by atoms with E-state index < -0.39 is 0 Å². The Hall–Kier alpha value is -0.0800. The van der Waals surface area contributed by atoms with Gasteiger partial charge in [-0.3, -0.25) is 0 Å². The fraction of sp³-hybridized carbons (Fsp3) is 1.00. The van der Waals surface area contributed by atoms with Crippen molar-refractivity contribution < 1.29 is 10.2 Å². The van der Waals surface area contributed by atoms with Crippen LogP contribution >= 0.6 is 0 Å². The fourth-order valence-corrected chi connectivity index (χ4v) is 3.10. The minimum absolute atomic E-state index is 0.284. The van der Waals surface area contributed by atoms with Crippen LogP contribution in [0.25, 0.3) is 0 Å². The fourth-order valence-electron chi connectivity index (χ4n) is 3.10. The molecule has 2 fully saturated rings. The summed E-state index contributed by atoms with van der Waals surface area (Å²) >= 11 is 0. The topological polar surface area (TPSA) is 40.5 Å². The van der Waals surface area contributed by atoms with E-state index in [-0.39, 0.29) is 13.2 Å². The van der Waals surface area contributed by atoms with Crippen LogP contribution in [0.1, 0.15) is 19.3 Å². The third-order valence-electron chi connectivity index (χ3n) is 3.70. The second-order valence-corrected chi connectivity index (χ2v) is 4.03. The molecule has 0 aromatic carbocycles. The Bertz CT molecular complexity index is 130. The van der Waals surface area contributed by atoms with Crippen LogP contribution in [0.15, 0.2) is 0 Å². The molecule has 0 aromatic heterocycles. The van der Waals surface area contributed by atoms with Crippen LogP contribution < -0.4 is 0 Å². The third kappa shape index (κ3) is 1.00. The molecule has 0 radical (unpaired) electrons. The summed E-state index contributed by atoms with van der Waals surface area (Å²) < 4.78 is 0. The first kappa shape index (κ1) is 7.56. The maximum absolute atomic E-state index is 9.08. The number of hydrogen-bond acceptors (Lipinski definition) is 2. The van der Waals surface area contributed by atoms with Crippen LogP contribution in [-0.2, 0) is 0 Å². The van der Waals surface area contributed by atoms with Gasteiger partial charge in [-0.05, 0) is 42.9 Å². The Morgan fingerprint density at radius 3 is 1.73 bits per heavy atom. The van der Waals surface area contributed by atoms with Crippen molar-refractivity contribution >= 4 is 0 Å². The molecule has 2 saturated carbocycles. The van der Waals surface area contributed by atoms with Crippen LogP contribution in [0, 0.1) is 23.7 Å². The highest BCUT2D eigenvalue weighted by Crippen LogP contribution is 2.51. The van der Waals surface area contributed by atoms with Crippen molar-refractivity contribution in [2.75, 3.05) is 13.2 Å². The minimum Gasteiger partial charge on any atom is -0.396 e. The summed E-state index contributed by atoms with van der Waals surface area (Å²) in [5.41, 5.74) is 0. The minimum atomic E-state index is 0.284. The number of aliphatic hydroxyl groups is 2. The highest BCUT2D eigenvalue weighted by Gasteiger charge is 2.46. The molecular weight excluding hydrogens is 140 g/mol. The zero-order valence-corrected chi connectivity index (χ0v) is 6.74. The number of hydrogen-bond donors (Lipinski definition) is 2. The summed E-state index contributed by atoms with van der Waals surface area (Å²) in [4.78, 5) is 0. The van der Waals surface area contributed by atoms with Crippen molar-refractivity contribution in [3.8, 4) is 0 Å². The van der Waals surface area contributed by atoms with Gasteiger partial charge in [0.15, 0.2) is 0 Å². The highest BCUT2D eigenvalue weighted by molar-refractivity contribution is 4.95. The van der Waals surface area contributed by atoms with Crippen molar-refractivity contribution in [2.24, 2.45) is 23.7 Å². The Morgan fingerprint density at radius 1 is 0.909 bits per heavy atom. The maximum atomic E-state index is 9.08. The number of rotatable bonds is 2. The standard InChI is InChI=1S/C9H16O2/c10-4-8-6-1-2-7(3-6)9(8)5-11/h6-11H,1-5H2. The van der Waals surface area contributed by atoms with E-state index in [0.717, 1.165) is 11.8 Å². The summed E-state index contributed by atoms with van der Waals surface area (Å²) in [6.45, 7) is 0.568. The van der Waals surface area contributed by atoms with E-state index in [0.29, 0.717) is 11.8 Å². The number of fused-ring (bicyclic) bond motifs is 2. The summed E-state index contributed by atoms with van der Waals surface area (Å²) in [6.07, 6.45) is 3.83. The summed E-state index contributed by atoms with van der Waals surface area (Å²) in [7, 11) is 0. The molecular formula is C9H16O2. The lowest BCUT2D eigenvalue weighted by Crippen LogP contribution is -2.27. The molecule has 64 valence electrons. The summed E-state index contributed by atoms with van der Waals surface area (Å²) in [6, 6.07) is 0. The van der Waals surface area contributed by atoms with Crippen molar-refractivity contribution in [1.82, 2.24) is 0 Å². The van der Waals surface area contributed by atoms with Gasteiger partial charge in [-0.1, -0.05) is 0 Å². The van der Waals surface area contributed by atoms with E-state index in [1.54, 1.807) is 0 Å². The molecule has 2 aliphatic rings. The molecule has 0 aromatic rings. The van der Waals surface area contributed by atoms with Crippen LogP contribution in [0.4, 0.5) is 0 Å². The van der Waals surface area contributed by atoms with Gasteiger partial charge in [0.1, 0.15) is 0 Å². The van der Waals surface area contributed by atoms with E-state index in [1.807, 2.05) is 0 Å². The van der Waals surface area contributed by atoms with E-state index >= 15 is 0 Å². The van der Waals surface area contributed by atoms with Crippen molar-refractivity contribution in [2.45, 2.75) is 19.3 Å². The molecule has 0 amide bonds. The van der Waals surface area contributed by atoms with Gasteiger partial charge in [0.25, 0.3) is 0 Å². The second-order valence-electron chi connectivity index (χ2n) is 4.03. The van der Waals surface area contributed by atoms with Gasteiger partial charge in [-0.15, -0.1) is 0 Å². The molecule has 2 heteroatoms. The lowest BCUT2D eigenvalue weighted by Gasteiger charge is -2.27. The lowest BCUT2D eigenvalue weighted by atomic mass is 9.80. The van der Waals surface area contributed by atoms with Crippen molar-refractivity contribution in [1.29, 1.82) is 0 Å². The maximum Gasteiger partial charge on any atom is 0.0465 e. The first-order valence-electron chi connectivity index (χ1n) is 4.58. The monoisotopic (exact) mass is 156 g/mol. The van der Waals surface area contributed by atoms with Gasteiger partial charge in [-0.2, -0.15) is 0 Å². The predicted molar refractivity (Wildman–Crippen MR) is 42.0 cm³/mol. The molecule has 4 unspecified atom stereocenters. The molecule has 11 heavy (non-hydrogen) atoms.